The Hall–Kier alpha value is -1.39. The van der Waals surface area contributed by atoms with Crippen molar-refractivity contribution in [1.29, 1.82) is 0 Å². The van der Waals surface area contributed by atoms with E-state index in [1.54, 1.807) is 0 Å². The molecule has 0 unspecified atom stereocenters. The Balaban J connectivity index is 1.76. The molecule has 1 fully saturated rings. The molecule has 1 saturated heterocycles. The second-order valence-electron chi connectivity index (χ2n) is 5.87. The lowest BCUT2D eigenvalue weighted by atomic mass is 10.0. The molecular weight excluding hydrogens is 262 g/mol. The van der Waals surface area contributed by atoms with Gasteiger partial charge in [0.1, 0.15) is 5.82 Å². The highest BCUT2D eigenvalue weighted by Crippen LogP contribution is 2.20. The highest BCUT2D eigenvalue weighted by Gasteiger charge is 2.24. The third-order valence-electron chi connectivity index (χ3n) is 4.26. The number of nitrogens with zero attached hydrogens (tertiary/aromatic N) is 3. The lowest BCUT2D eigenvalue weighted by Gasteiger charge is -2.38. The topological polar surface area (TPSA) is 39.6 Å². The van der Waals surface area contributed by atoms with Crippen LogP contribution >= 0.6 is 0 Å². The molecule has 0 bridgehead atoms. The average Bonchev–Trinajstić information content (AvgIpc) is 2.54. The summed E-state index contributed by atoms with van der Waals surface area (Å²) in [6.45, 7) is 6.53. The fourth-order valence-electron chi connectivity index (χ4n) is 2.96. The number of rotatable bonds is 7. The number of allylic oxidation sites excluding steroid dienone is 1. The van der Waals surface area contributed by atoms with Gasteiger partial charge in [-0.05, 0) is 44.9 Å². The Morgan fingerprint density at radius 3 is 2.86 bits per heavy atom. The third-order valence-corrected chi connectivity index (χ3v) is 4.26. The SMILES string of the molecule is C=CCC[C@@H](O)CN(C)C1CCN(c2ccccn2)CC1. The van der Waals surface area contributed by atoms with Crippen LogP contribution in [-0.2, 0) is 0 Å². The van der Waals surface area contributed by atoms with Crippen LogP contribution in [-0.4, -0.2) is 53.8 Å². The summed E-state index contributed by atoms with van der Waals surface area (Å²) in [5.74, 6) is 1.07. The summed E-state index contributed by atoms with van der Waals surface area (Å²) in [6.07, 6.45) is 7.41. The number of piperidine rings is 1. The Morgan fingerprint density at radius 1 is 1.48 bits per heavy atom. The van der Waals surface area contributed by atoms with Crippen molar-refractivity contribution < 1.29 is 5.11 Å². The van der Waals surface area contributed by atoms with E-state index in [-0.39, 0.29) is 6.10 Å². The summed E-state index contributed by atoms with van der Waals surface area (Å²) >= 11 is 0. The Labute approximate surface area is 128 Å². The van der Waals surface area contributed by atoms with E-state index in [4.69, 9.17) is 0 Å². The number of anilines is 1. The van der Waals surface area contributed by atoms with Crippen LogP contribution in [0.2, 0.25) is 0 Å². The number of likely N-dealkylation sites (N-methyl/N-ethyl adjacent to an activating group) is 1. The Morgan fingerprint density at radius 2 is 2.24 bits per heavy atom. The first-order chi connectivity index (χ1) is 10.2. The summed E-state index contributed by atoms with van der Waals surface area (Å²) in [4.78, 5) is 9.07. The zero-order valence-electron chi connectivity index (χ0n) is 13.0. The number of aliphatic hydroxyl groups excluding tert-OH is 1. The van der Waals surface area contributed by atoms with Crippen LogP contribution in [0.15, 0.2) is 37.1 Å². The smallest absolute Gasteiger partial charge is 0.128 e. The van der Waals surface area contributed by atoms with Gasteiger partial charge in [-0.3, -0.25) is 0 Å². The van der Waals surface area contributed by atoms with Gasteiger partial charge in [-0.25, -0.2) is 4.98 Å². The molecule has 0 saturated carbocycles. The van der Waals surface area contributed by atoms with Crippen molar-refractivity contribution in [2.45, 2.75) is 37.8 Å². The maximum atomic E-state index is 10.0. The lowest BCUT2D eigenvalue weighted by molar-refractivity contribution is 0.0905. The third kappa shape index (κ3) is 4.83. The molecule has 0 aromatic carbocycles. The molecule has 21 heavy (non-hydrogen) atoms. The van der Waals surface area contributed by atoms with Crippen molar-refractivity contribution in [3.8, 4) is 0 Å². The van der Waals surface area contributed by atoms with Gasteiger partial charge in [-0.2, -0.15) is 0 Å². The zero-order valence-corrected chi connectivity index (χ0v) is 13.0. The molecule has 1 N–H and O–H groups in total. The van der Waals surface area contributed by atoms with Crippen LogP contribution in [0.4, 0.5) is 5.82 Å². The van der Waals surface area contributed by atoms with E-state index < -0.39 is 0 Å². The van der Waals surface area contributed by atoms with E-state index >= 15 is 0 Å². The van der Waals surface area contributed by atoms with Crippen LogP contribution < -0.4 is 4.90 Å². The van der Waals surface area contributed by atoms with Gasteiger partial charge in [-0.15, -0.1) is 6.58 Å². The molecule has 0 radical (unpaired) electrons. The molecular formula is C17H27N3O. The number of hydrogen-bond acceptors (Lipinski definition) is 4. The van der Waals surface area contributed by atoms with Crippen molar-refractivity contribution in [3.63, 3.8) is 0 Å². The second-order valence-corrected chi connectivity index (χ2v) is 5.87. The molecule has 4 nitrogen and oxygen atoms in total. The quantitative estimate of drug-likeness (QED) is 0.782. The van der Waals surface area contributed by atoms with Crippen LogP contribution in [0.5, 0.6) is 0 Å². The fraction of sp³-hybridized carbons (Fsp3) is 0.588. The lowest BCUT2D eigenvalue weighted by Crippen LogP contribution is -2.45. The summed E-state index contributed by atoms with van der Waals surface area (Å²) < 4.78 is 0. The maximum absolute atomic E-state index is 10.0. The molecule has 1 aliphatic heterocycles. The monoisotopic (exact) mass is 289 g/mol. The first kappa shape index (κ1) is 16.0. The molecule has 1 aliphatic rings. The van der Waals surface area contributed by atoms with Crippen molar-refractivity contribution in [1.82, 2.24) is 9.88 Å². The van der Waals surface area contributed by atoms with Gasteiger partial charge >= 0.3 is 0 Å². The maximum Gasteiger partial charge on any atom is 0.128 e. The van der Waals surface area contributed by atoms with Gasteiger partial charge in [0.25, 0.3) is 0 Å². The molecule has 0 amide bonds. The Bertz CT molecular complexity index is 415. The summed E-state index contributed by atoms with van der Waals surface area (Å²) in [7, 11) is 2.12. The van der Waals surface area contributed by atoms with Gasteiger partial charge < -0.3 is 14.9 Å². The first-order valence-electron chi connectivity index (χ1n) is 7.86. The van der Waals surface area contributed by atoms with Crippen molar-refractivity contribution in [3.05, 3.63) is 37.1 Å². The number of hydrogen-bond donors (Lipinski definition) is 1. The molecule has 4 heteroatoms. The van der Waals surface area contributed by atoms with E-state index in [1.165, 1.54) is 0 Å². The van der Waals surface area contributed by atoms with E-state index in [1.807, 2.05) is 24.4 Å². The number of aromatic nitrogens is 1. The van der Waals surface area contributed by atoms with Crippen molar-refractivity contribution in [2.24, 2.45) is 0 Å². The molecule has 2 rings (SSSR count). The minimum Gasteiger partial charge on any atom is -0.392 e. The van der Waals surface area contributed by atoms with E-state index in [9.17, 15) is 5.11 Å². The summed E-state index contributed by atoms with van der Waals surface area (Å²) in [5, 5.41) is 10.0. The van der Waals surface area contributed by atoms with Crippen LogP contribution in [0.1, 0.15) is 25.7 Å². The van der Waals surface area contributed by atoms with Crippen molar-refractivity contribution >= 4 is 5.82 Å². The highest BCUT2D eigenvalue weighted by atomic mass is 16.3. The normalized spacial score (nSPS) is 18.0. The second kappa shape index (κ2) is 8.15. The largest absolute Gasteiger partial charge is 0.392 e. The molecule has 1 atom stereocenters. The highest BCUT2D eigenvalue weighted by molar-refractivity contribution is 5.38. The van der Waals surface area contributed by atoms with Gasteiger partial charge in [0, 0.05) is 31.9 Å². The standard InChI is InChI=1S/C17H27N3O/c1-3-4-7-16(21)14-19(2)15-9-12-20(13-10-15)17-8-5-6-11-18-17/h3,5-6,8,11,15-16,21H,1,4,7,9-10,12-14H2,2H3/t16-/m1/s1. The zero-order chi connectivity index (χ0) is 15.1. The van der Waals surface area contributed by atoms with Crippen LogP contribution in [0.25, 0.3) is 0 Å². The van der Waals surface area contributed by atoms with Crippen LogP contribution in [0.3, 0.4) is 0 Å². The molecule has 1 aromatic heterocycles. The molecule has 116 valence electrons. The van der Waals surface area contributed by atoms with E-state index in [0.717, 1.165) is 51.1 Å². The van der Waals surface area contributed by atoms with Crippen molar-refractivity contribution in [2.75, 3.05) is 31.6 Å². The number of aliphatic hydroxyl groups is 1. The average molecular weight is 289 g/mol. The Kier molecular flexibility index (Phi) is 6.21. The molecule has 0 spiro atoms. The van der Waals surface area contributed by atoms with Gasteiger partial charge in [0.05, 0.1) is 6.10 Å². The molecule has 0 aliphatic carbocycles. The predicted molar refractivity (Wildman–Crippen MR) is 87.5 cm³/mol. The van der Waals surface area contributed by atoms with E-state index in [2.05, 4.69) is 34.5 Å². The minimum absolute atomic E-state index is 0.248. The van der Waals surface area contributed by atoms with Gasteiger partial charge in [-0.1, -0.05) is 12.1 Å². The summed E-state index contributed by atoms with van der Waals surface area (Å²) in [5.41, 5.74) is 0. The number of pyridine rings is 1. The predicted octanol–water partition coefficient (Wildman–Crippen LogP) is 2.31. The molecule has 1 aromatic rings. The van der Waals surface area contributed by atoms with Gasteiger partial charge in [0.15, 0.2) is 0 Å². The van der Waals surface area contributed by atoms with Crippen LogP contribution in [0, 0.1) is 0 Å². The molecule has 2 heterocycles. The minimum atomic E-state index is -0.248. The summed E-state index contributed by atoms with van der Waals surface area (Å²) in [6, 6.07) is 6.62. The van der Waals surface area contributed by atoms with Gasteiger partial charge in [0.2, 0.25) is 0 Å². The van der Waals surface area contributed by atoms with E-state index in [0.29, 0.717) is 6.04 Å². The fourth-order valence-corrected chi connectivity index (χ4v) is 2.96. The first-order valence-corrected chi connectivity index (χ1v) is 7.86.